The second-order valence-corrected chi connectivity index (χ2v) is 6.88. The van der Waals surface area contributed by atoms with Gasteiger partial charge in [-0.25, -0.2) is 0 Å². The summed E-state index contributed by atoms with van der Waals surface area (Å²) in [6.45, 7) is 6.77. The highest BCUT2D eigenvalue weighted by molar-refractivity contribution is 6.18. The molecule has 1 heteroatoms. The average molecular weight is 251 g/mol. The summed E-state index contributed by atoms with van der Waals surface area (Å²) in [5.41, 5.74) is 3.51. The Morgan fingerprint density at radius 3 is 2.06 bits per heavy atom. The molecular formula is C16H23Cl. The van der Waals surface area contributed by atoms with E-state index in [-0.39, 0.29) is 5.41 Å². The lowest BCUT2D eigenvalue weighted by atomic mass is 9.67. The fraction of sp³-hybridized carbons (Fsp3) is 0.625. The fourth-order valence-corrected chi connectivity index (χ4v) is 2.95. The van der Waals surface area contributed by atoms with Gasteiger partial charge in [0, 0.05) is 5.88 Å². The fourth-order valence-electron chi connectivity index (χ4n) is 2.59. The van der Waals surface area contributed by atoms with Gasteiger partial charge in [-0.2, -0.15) is 0 Å². The van der Waals surface area contributed by atoms with Crippen molar-refractivity contribution in [1.29, 1.82) is 0 Å². The molecule has 1 aromatic rings. The minimum absolute atomic E-state index is 0.249. The van der Waals surface area contributed by atoms with Crippen molar-refractivity contribution in [2.45, 2.75) is 51.9 Å². The van der Waals surface area contributed by atoms with Crippen molar-refractivity contribution in [3.8, 4) is 0 Å². The van der Waals surface area contributed by atoms with Crippen molar-refractivity contribution in [2.24, 2.45) is 5.41 Å². The molecule has 0 aliphatic heterocycles. The quantitative estimate of drug-likeness (QED) is 0.667. The second-order valence-electron chi connectivity index (χ2n) is 6.61. The lowest BCUT2D eigenvalue weighted by molar-refractivity contribution is 0.166. The van der Waals surface area contributed by atoms with Crippen LogP contribution in [-0.4, -0.2) is 5.88 Å². The van der Waals surface area contributed by atoms with E-state index < -0.39 is 0 Å². The minimum Gasteiger partial charge on any atom is -0.126 e. The summed E-state index contributed by atoms with van der Waals surface area (Å²) >= 11 is 6.11. The number of hydrogen-bond acceptors (Lipinski definition) is 0. The molecule has 0 nitrogen and oxygen atoms in total. The summed E-state index contributed by atoms with van der Waals surface area (Å²) in [7, 11) is 0. The van der Waals surface area contributed by atoms with Gasteiger partial charge in [-0.3, -0.25) is 0 Å². The van der Waals surface area contributed by atoms with Gasteiger partial charge in [0.05, 0.1) is 0 Å². The Bertz CT molecular complexity index is 360. The average Bonchev–Trinajstić information content (AvgIpc) is 2.23. The lowest BCUT2D eigenvalue weighted by Gasteiger charge is -2.40. The third-order valence-electron chi connectivity index (χ3n) is 4.10. The van der Waals surface area contributed by atoms with E-state index in [1.807, 2.05) is 0 Å². The second kappa shape index (κ2) is 4.65. The molecule has 1 fully saturated rings. The zero-order valence-corrected chi connectivity index (χ0v) is 12.0. The van der Waals surface area contributed by atoms with E-state index in [1.54, 1.807) is 0 Å². The normalized spacial score (nSPS) is 18.8. The molecule has 1 aliphatic rings. The third kappa shape index (κ3) is 2.85. The zero-order chi connectivity index (χ0) is 12.5. The van der Waals surface area contributed by atoms with Crippen molar-refractivity contribution in [3.05, 3.63) is 35.4 Å². The molecule has 0 spiro atoms. The number of alkyl halides is 1. The summed E-state index contributed by atoms with van der Waals surface area (Å²) in [5, 5.41) is 0. The topological polar surface area (TPSA) is 0 Å². The van der Waals surface area contributed by atoms with E-state index in [4.69, 9.17) is 11.6 Å². The highest BCUT2D eigenvalue weighted by atomic mass is 35.5. The first-order chi connectivity index (χ1) is 7.95. The van der Waals surface area contributed by atoms with Gasteiger partial charge in [-0.1, -0.05) is 51.5 Å². The highest BCUT2D eigenvalue weighted by Gasteiger charge is 2.35. The van der Waals surface area contributed by atoms with E-state index in [9.17, 15) is 0 Å². The van der Waals surface area contributed by atoms with Crippen LogP contribution in [0.15, 0.2) is 24.3 Å². The van der Waals surface area contributed by atoms with Gasteiger partial charge in [0.1, 0.15) is 0 Å². The maximum atomic E-state index is 6.11. The summed E-state index contributed by atoms with van der Waals surface area (Å²) < 4.78 is 0. The van der Waals surface area contributed by atoms with Crippen molar-refractivity contribution < 1.29 is 0 Å². The highest BCUT2D eigenvalue weighted by Crippen LogP contribution is 2.44. The molecule has 0 N–H and O–H groups in total. The minimum atomic E-state index is 0.249. The van der Waals surface area contributed by atoms with E-state index in [1.165, 1.54) is 30.4 Å². The molecule has 0 radical (unpaired) electrons. The first-order valence-corrected chi connectivity index (χ1v) is 7.14. The van der Waals surface area contributed by atoms with Crippen LogP contribution in [0.3, 0.4) is 0 Å². The van der Waals surface area contributed by atoms with E-state index >= 15 is 0 Å². The molecule has 0 unspecified atom stereocenters. The molecule has 2 rings (SSSR count). The first kappa shape index (κ1) is 13.0. The zero-order valence-electron chi connectivity index (χ0n) is 11.2. The van der Waals surface area contributed by atoms with Crippen LogP contribution in [0, 0.1) is 5.41 Å². The van der Waals surface area contributed by atoms with Crippen LogP contribution in [0.5, 0.6) is 0 Å². The van der Waals surface area contributed by atoms with Crippen molar-refractivity contribution in [1.82, 2.24) is 0 Å². The number of halogens is 1. The van der Waals surface area contributed by atoms with Crippen LogP contribution in [0.2, 0.25) is 0 Å². The maximum Gasteiger partial charge on any atom is 0.0283 e. The van der Waals surface area contributed by atoms with Gasteiger partial charge >= 0.3 is 0 Å². The maximum absolute atomic E-state index is 6.11. The van der Waals surface area contributed by atoms with Gasteiger partial charge in [0.15, 0.2) is 0 Å². The Balaban J connectivity index is 2.08. The smallest absolute Gasteiger partial charge is 0.0283 e. The number of hydrogen-bond donors (Lipinski definition) is 0. The Morgan fingerprint density at radius 2 is 1.71 bits per heavy atom. The van der Waals surface area contributed by atoms with Crippen LogP contribution >= 0.6 is 11.6 Å². The predicted molar refractivity (Wildman–Crippen MR) is 75.9 cm³/mol. The molecule has 1 aliphatic carbocycles. The summed E-state index contributed by atoms with van der Waals surface area (Å²) in [6.07, 6.45) is 5.11. The molecular weight excluding hydrogens is 228 g/mol. The van der Waals surface area contributed by atoms with Crippen molar-refractivity contribution >= 4 is 11.6 Å². The molecule has 0 saturated heterocycles. The molecule has 1 saturated carbocycles. The first-order valence-electron chi connectivity index (χ1n) is 6.61. The third-order valence-corrected chi connectivity index (χ3v) is 4.66. The predicted octanol–water partition coefficient (Wildman–Crippen LogP) is 4.94. The van der Waals surface area contributed by atoms with E-state index in [2.05, 4.69) is 45.0 Å². The Hall–Kier alpha value is -0.490. The Morgan fingerprint density at radius 1 is 1.12 bits per heavy atom. The standard InChI is InChI=1S/C16H23Cl/c1-15(2,3)14-7-5-13(6-8-14)11-16(12-17)9-4-10-16/h5-8H,4,9-12H2,1-3H3. The molecule has 0 amide bonds. The largest absolute Gasteiger partial charge is 0.126 e. The Labute approximate surface area is 110 Å². The van der Waals surface area contributed by atoms with Crippen LogP contribution in [0.4, 0.5) is 0 Å². The van der Waals surface area contributed by atoms with E-state index in [0.717, 1.165) is 12.3 Å². The Kier molecular flexibility index (Phi) is 3.54. The molecule has 17 heavy (non-hydrogen) atoms. The summed E-state index contributed by atoms with van der Waals surface area (Å²) in [6, 6.07) is 9.12. The van der Waals surface area contributed by atoms with Gasteiger partial charge in [0.2, 0.25) is 0 Å². The van der Waals surface area contributed by atoms with E-state index in [0.29, 0.717) is 5.41 Å². The van der Waals surface area contributed by atoms with Crippen LogP contribution in [-0.2, 0) is 11.8 Å². The lowest BCUT2D eigenvalue weighted by Crippen LogP contribution is -2.33. The number of rotatable bonds is 3. The van der Waals surface area contributed by atoms with Crippen molar-refractivity contribution in [3.63, 3.8) is 0 Å². The molecule has 94 valence electrons. The molecule has 0 heterocycles. The van der Waals surface area contributed by atoms with Crippen LogP contribution in [0.25, 0.3) is 0 Å². The van der Waals surface area contributed by atoms with Gasteiger partial charge < -0.3 is 0 Å². The summed E-state index contributed by atoms with van der Waals surface area (Å²) in [4.78, 5) is 0. The van der Waals surface area contributed by atoms with Crippen LogP contribution < -0.4 is 0 Å². The summed E-state index contributed by atoms with van der Waals surface area (Å²) in [5.74, 6) is 0.814. The van der Waals surface area contributed by atoms with Crippen molar-refractivity contribution in [2.75, 3.05) is 5.88 Å². The van der Waals surface area contributed by atoms with Gasteiger partial charge in [-0.05, 0) is 41.2 Å². The van der Waals surface area contributed by atoms with Crippen LogP contribution in [0.1, 0.15) is 51.2 Å². The molecule has 0 atom stereocenters. The van der Waals surface area contributed by atoms with Gasteiger partial charge in [-0.15, -0.1) is 11.6 Å². The number of benzene rings is 1. The van der Waals surface area contributed by atoms with Gasteiger partial charge in [0.25, 0.3) is 0 Å². The monoisotopic (exact) mass is 250 g/mol. The molecule has 0 bridgehead atoms. The SMILES string of the molecule is CC(C)(C)c1ccc(CC2(CCl)CCC2)cc1. The molecule has 1 aromatic carbocycles. The molecule has 0 aromatic heterocycles.